The van der Waals surface area contributed by atoms with Gasteiger partial charge in [0.25, 0.3) is 0 Å². The highest BCUT2D eigenvalue weighted by Crippen LogP contribution is 2.52. The van der Waals surface area contributed by atoms with Gasteiger partial charge in [0, 0.05) is 11.9 Å². The molecular weight excluding hydrogens is 333 g/mol. The molecule has 122 valence electrons. The average Bonchev–Trinajstić information content (AvgIpc) is 3.36. The number of hydrogen-bond acceptors (Lipinski definition) is 4. The number of thioether (sulfide) groups is 1. The maximum absolute atomic E-state index is 13.7. The average molecular weight is 352 g/mol. The maximum Gasteiger partial charge on any atom is 0.151 e. The molecule has 3 rings (SSSR count). The highest BCUT2D eigenvalue weighted by atomic mass is 35.5. The first-order valence-corrected chi connectivity index (χ1v) is 9.12. The smallest absolute Gasteiger partial charge is 0.151 e. The number of hydrogen-bond donors (Lipinski definition) is 0. The zero-order valence-electron chi connectivity index (χ0n) is 13.4. The van der Waals surface area contributed by atoms with Gasteiger partial charge in [0.2, 0.25) is 0 Å². The van der Waals surface area contributed by atoms with Crippen LogP contribution in [0.3, 0.4) is 0 Å². The van der Waals surface area contributed by atoms with E-state index in [2.05, 4.69) is 45.4 Å². The second-order valence-electron chi connectivity index (χ2n) is 5.83. The fourth-order valence-corrected chi connectivity index (χ4v) is 3.71. The first-order valence-electron chi connectivity index (χ1n) is 7.52. The van der Waals surface area contributed by atoms with Crippen molar-refractivity contribution in [3.05, 3.63) is 46.9 Å². The van der Waals surface area contributed by atoms with E-state index < -0.39 is 6.17 Å². The monoisotopic (exact) mass is 351 g/mol. The van der Waals surface area contributed by atoms with Crippen molar-refractivity contribution in [2.24, 2.45) is 0 Å². The Hall–Kier alpha value is -1.33. The highest BCUT2D eigenvalue weighted by molar-refractivity contribution is 7.98. The molecule has 1 aromatic carbocycles. The predicted octanol–water partition coefficient (Wildman–Crippen LogP) is 5.01. The van der Waals surface area contributed by atoms with Crippen molar-refractivity contribution < 1.29 is 4.39 Å². The zero-order valence-corrected chi connectivity index (χ0v) is 15.0. The van der Waals surface area contributed by atoms with Crippen LogP contribution >= 0.6 is 23.4 Å². The molecule has 23 heavy (non-hydrogen) atoms. The lowest BCUT2D eigenvalue weighted by atomic mass is 10.0. The Morgan fingerprint density at radius 3 is 2.43 bits per heavy atom. The van der Waals surface area contributed by atoms with Gasteiger partial charge in [-0.3, -0.25) is 0 Å². The van der Waals surface area contributed by atoms with Gasteiger partial charge in [-0.15, -0.1) is 11.8 Å². The summed E-state index contributed by atoms with van der Waals surface area (Å²) in [5.41, 5.74) is 1.38. The van der Waals surface area contributed by atoms with E-state index in [1.165, 1.54) is 23.7 Å². The van der Waals surface area contributed by atoms with Crippen molar-refractivity contribution in [1.82, 2.24) is 9.97 Å². The molecule has 2 aromatic rings. The van der Waals surface area contributed by atoms with Crippen LogP contribution in [0.2, 0.25) is 5.02 Å². The number of halogens is 2. The standard InChI is InChI=1S/C17H19ClFN3S/c1-11(19)15-14(18)16(21-10-20-15)22(2)17(8-9-17)12-4-6-13(23-3)7-5-12/h4-7,10-11H,8-9H2,1-3H3. The van der Waals surface area contributed by atoms with Gasteiger partial charge in [0.05, 0.1) is 11.2 Å². The molecule has 0 bridgehead atoms. The summed E-state index contributed by atoms with van der Waals surface area (Å²) in [5.74, 6) is 0.590. The fraction of sp³-hybridized carbons (Fsp3) is 0.412. The van der Waals surface area contributed by atoms with Crippen molar-refractivity contribution >= 4 is 29.2 Å². The van der Waals surface area contributed by atoms with Gasteiger partial charge < -0.3 is 4.90 Å². The van der Waals surface area contributed by atoms with E-state index in [1.807, 2.05) is 7.05 Å². The van der Waals surface area contributed by atoms with Crippen LogP contribution < -0.4 is 4.90 Å². The van der Waals surface area contributed by atoms with Crippen molar-refractivity contribution in [3.63, 3.8) is 0 Å². The molecule has 1 aromatic heterocycles. The predicted molar refractivity (Wildman–Crippen MR) is 94.1 cm³/mol. The SMILES string of the molecule is CSc1ccc(C2(N(C)c3ncnc(C(C)F)c3Cl)CC2)cc1. The minimum absolute atomic E-state index is 0.105. The topological polar surface area (TPSA) is 29.0 Å². The van der Waals surface area contributed by atoms with Gasteiger partial charge in [-0.25, -0.2) is 14.4 Å². The molecule has 1 aliphatic rings. The van der Waals surface area contributed by atoms with Crippen LogP contribution in [0.1, 0.15) is 37.2 Å². The van der Waals surface area contributed by atoms with E-state index in [1.54, 1.807) is 11.8 Å². The van der Waals surface area contributed by atoms with Crippen LogP contribution in [0.25, 0.3) is 0 Å². The second-order valence-corrected chi connectivity index (χ2v) is 7.09. The van der Waals surface area contributed by atoms with Crippen LogP contribution in [0.15, 0.2) is 35.5 Å². The molecule has 0 spiro atoms. The van der Waals surface area contributed by atoms with Gasteiger partial charge in [-0.05, 0) is 43.7 Å². The lowest BCUT2D eigenvalue weighted by Crippen LogP contribution is -2.32. The molecule has 1 saturated carbocycles. The Bertz CT molecular complexity index is 701. The van der Waals surface area contributed by atoms with Crippen LogP contribution in [-0.2, 0) is 5.54 Å². The molecule has 1 atom stereocenters. The highest BCUT2D eigenvalue weighted by Gasteiger charge is 2.49. The Balaban J connectivity index is 1.96. The lowest BCUT2D eigenvalue weighted by molar-refractivity contribution is 0.365. The summed E-state index contributed by atoms with van der Waals surface area (Å²) in [4.78, 5) is 11.6. The van der Waals surface area contributed by atoms with Crippen LogP contribution in [0, 0.1) is 0 Å². The Kier molecular flexibility index (Phi) is 4.52. The zero-order chi connectivity index (χ0) is 16.6. The number of anilines is 1. The number of alkyl halides is 1. The van der Waals surface area contributed by atoms with Gasteiger partial charge in [-0.2, -0.15) is 0 Å². The van der Waals surface area contributed by atoms with E-state index >= 15 is 0 Å². The van der Waals surface area contributed by atoms with Crippen molar-refractivity contribution in [2.45, 2.75) is 36.4 Å². The van der Waals surface area contributed by atoms with Gasteiger partial charge in [-0.1, -0.05) is 23.7 Å². The summed E-state index contributed by atoms with van der Waals surface area (Å²) < 4.78 is 13.7. The number of rotatable bonds is 5. The molecule has 1 heterocycles. The molecule has 1 unspecified atom stereocenters. The van der Waals surface area contributed by atoms with Crippen molar-refractivity contribution in [1.29, 1.82) is 0 Å². The van der Waals surface area contributed by atoms with Crippen molar-refractivity contribution in [2.75, 3.05) is 18.2 Å². The normalized spacial score (nSPS) is 16.9. The Morgan fingerprint density at radius 1 is 1.26 bits per heavy atom. The third-order valence-electron chi connectivity index (χ3n) is 4.49. The van der Waals surface area contributed by atoms with Crippen molar-refractivity contribution in [3.8, 4) is 0 Å². The number of aromatic nitrogens is 2. The third kappa shape index (κ3) is 2.92. The maximum atomic E-state index is 13.7. The first kappa shape index (κ1) is 16.5. The molecule has 1 aliphatic carbocycles. The molecule has 6 heteroatoms. The molecule has 0 radical (unpaired) electrons. The summed E-state index contributed by atoms with van der Waals surface area (Å²) >= 11 is 8.08. The van der Waals surface area contributed by atoms with Gasteiger partial charge >= 0.3 is 0 Å². The molecule has 0 aliphatic heterocycles. The van der Waals surface area contributed by atoms with Crippen LogP contribution in [-0.4, -0.2) is 23.3 Å². The van der Waals surface area contributed by atoms with E-state index in [0.717, 1.165) is 12.8 Å². The number of benzene rings is 1. The molecule has 0 N–H and O–H groups in total. The summed E-state index contributed by atoms with van der Waals surface area (Å²) in [6.45, 7) is 1.44. The van der Waals surface area contributed by atoms with Crippen LogP contribution in [0.4, 0.5) is 10.2 Å². The quantitative estimate of drug-likeness (QED) is 0.708. The fourth-order valence-electron chi connectivity index (χ4n) is 2.92. The van der Waals surface area contributed by atoms with E-state index in [9.17, 15) is 4.39 Å². The molecular formula is C17H19ClFN3S. The molecule has 1 fully saturated rings. The first-order chi connectivity index (χ1) is 11.0. The Labute approximate surface area is 145 Å². The largest absolute Gasteiger partial charge is 0.349 e. The Morgan fingerprint density at radius 2 is 1.91 bits per heavy atom. The van der Waals surface area contributed by atoms with Gasteiger partial charge in [0.15, 0.2) is 5.82 Å². The minimum atomic E-state index is -1.21. The molecule has 0 amide bonds. The van der Waals surface area contributed by atoms with Crippen LogP contribution in [0.5, 0.6) is 0 Å². The summed E-state index contributed by atoms with van der Waals surface area (Å²) in [6, 6.07) is 8.57. The lowest BCUT2D eigenvalue weighted by Gasteiger charge is -2.30. The van der Waals surface area contributed by atoms with E-state index in [4.69, 9.17) is 11.6 Å². The minimum Gasteiger partial charge on any atom is -0.349 e. The molecule has 3 nitrogen and oxygen atoms in total. The molecule has 0 saturated heterocycles. The van der Waals surface area contributed by atoms with Gasteiger partial charge in [0.1, 0.15) is 17.5 Å². The summed E-state index contributed by atoms with van der Waals surface area (Å²) in [6.07, 6.45) is 4.30. The van der Waals surface area contributed by atoms with E-state index in [-0.39, 0.29) is 11.2 Å². The van der Waals surface area contributed by atoms with E-state index in [0.29, 0.717) is 10.8 Å². The third-order valence-corrected chi connectivity index (χ3v) is 5.59. The summed E-state index contributed by atoms with van der Waals surface area (Å²) in [5, 5.41) is 0.303. The number of nitrogens with zero attached hydrogens (tertiary/aromatic N) is 3. The summed E-state index contributed by atoms with van der Waals surface area (Å²) in [7, 11) is 1.97. The second kappa shape index (κ2) is 6.29.